The lowest BCUT2D eigenvalue weighted by atomic mass is 10.1. The van der Waals surface area contributed by atoms with Crippen LogP contribution in [0.15, 0.2) is 6.07 Å². The molecule has 1 aromatic rings. The lowest BCUT2D eigenvalue weighted by molar-refractivity contribution is 0.0933. The molecule has 0 aliphatic heterocycles. The molecule has 1 rings (SSSR count). The van der Waals surface area contributed by atoms with E-state index in [1.165, 1.54) is 6.07 Å². The van der Waals surface area contributed by atoms with Gasteiger partial charge in [-0.3, -0.25) is 4.79 Å². The van der Waals surface area contributed by atoms with Gasteiger partial charge in [-0.05, 0) is 18.9 Å². The highest BCUT2D eigenvalue weighted by atomic mass is 35.5. The summed E-state index contributed by atoms with van der Waals surface area (Å²) >= 11 is 11.5. The first-order chi connectivity index (χ1) is 8.08. The number of halogens is 2. The van der Waals surface area contributed by atoms with Gasteiger partial charge in [-0.2, -0.15) is 0 Å². The minimum absolute atomic E-state index is 0.0678. The summed E-state index contributed by atoms with van der Waals surface area (Å²) in [6, 6.07) is 1.57. The molecule has 0 aliphatic carbocycles. The van der Waals surface area contributed by atoms with Gasteiger partial charge in [0.15, 0.2) is 10.3 Å². The van der Waals surface area contributed by atoms with E-state index in [1.807, 2.05) is 6.92 Å². The molecule has 1 amide bonds. The Kier molecular flexibility index (Phi) is 5.65. The highest BCUT2D eigenvalue weighted by molar-refractivity contribution is 6.34. The summed E-state index contributed by atoms with van der Waals surface area (Å²) in [6.07, 6.45) is 2.83. The summed E-state index contributed by atoms with van der Waals surface area (Å²) in [5.41, 5.74) is 0.265. The van der Waals surface area contributed by atoms with Crippen LogP contribution in [0, 0.1) is 0 Å². The minimum Gasteiger partial charge on any atom is -0.349 e. The van der Waals surface area contributed by atoms with Crippen molar-refractivity contribution < 1.29 is 4.79 Å². The van der Waals surface area contributed by atoms with E-state index in [0.717, 1.165) is 19.3 Å². The molecule has 0 saturated carbocycles. The zero-order valence-electron chi connectivity index (χ0n) is 9.83. The Morgan fingerprint density at radius 3 is 2.71 bits per heavy atom. The maximum absolute atomic E-state index is 11.9. The molecular formula is C11H15Cl2N3O. The van der Waals surface area contributed by atoms with E-state index < -0.39 is 0 Å². The van der Waals surface area contributed by atoms with Crippen LogP contribution in [-0.4, -0.2) is 22.1 Å². The molecule has 1 atom stereocenters. The molecule has 0 saturated heterocycles. The van der Waals surface area contributed by atoms with Crippen molar-refractivity contribution in [1.82, 2.24) is 15.5 Å². The Morgan fingerprint density at radius 2 is 2.12 bits per heavy atom. The van der Waals surface area contributed by atoms with Crippen molar-refractivity contribution in [3.05, 3.63) is 21.9 Å². The normalized spacial score (nSPS) is 12.2. The maximum atomic E-state index is 11.9. The van der Waals surface area contributed by atoms with Gasteiger partial charge in [0.05, 0.1) is 5.56 Å². The van der Waals surface area contributed by atoms with Crippen molar-refractivity contribution >= 4 is 29.1 Å². The first kappa shape index (κ1) is 14.2. The number of hydrogen-bond acceptors (Lipinski definition) is 3. The molecule has 17 heavy (non-hydrogen) atoms. The quantitative estimate of drug-likeness (QED) is 0.899. The van der Waals surface area contributed by atoms with Crippen LogP contribution in [-0.2, 0) is 0 Å². The number of hydrogen-bond donors (Lipinski definition) is 1. The fourth-order valence-electron chi connectivity index (χ4n) is 1.50. The molecule has 1 heterocycles. The molecule has 0 radical (unpaired) electrons. The first-order valence-corrected chi connectivity index (χ1v) is 6.33. The van der Waals surface area contributed by atoms with Gasteiger partial charge in [0, 0.05) is 6.04 Å². The topological polar surface area (TPSA) is 54.9 Å². The number of amides is 1. The number of aromatic nitrogens is 2. The Morgan fingerprint density at radius 1 is 1.41 bits per heavy atom. The lowest BCUT2D eigenvalue weighted by Crippen LogP contribution is -2.34. The van der Waals surface area contributed by atoms with E-state index in [0.29, 0.717) is 0 Å². The van der Waals surface area contributed by atoms with Gasteiger partial charge < -0.3 is 5.32 Å². The molecule has 0 fully saturated rings. The van der Waals surface area contributed by atoms with Gasteiger partial charge in [0.25, 0.3) is 5.91 Å². The van der Waals surface area contributed by atoms with E-state index in [4.69, 9.17) is 23.2 Å². The summed E-state index contributed by atoms with van der Waals surface area (Å²) < 4.78 is 0. The van der Waals surface area contributed by atoms with E-state index >= 15 is 0 Å². The summed E-state index contributed by atoms with van der Waals surface area (Å²) in [5, 5.41) is 10.3. The van der Waals surface area contributed by atoms with Crippen molar-refractivity contribution in [3.8, 4) is 0 Å². The molecule has 94 valence electrons. The summed E-state index contributed by atoms with van der Waals surface area (Å²) in [4.78, 5) is 11.9. The van der Waals surface area contributed by atoms with E-state index in [2.05, 4.69) is 22.4 Å². The minimum atomic E-state index is -0.257. The third-order valence-electron chi connectivity index (χ3n) is 2.43. The Labute approximate surface area is 111 Å². The second kappa shape index (κ2) is 6.77. The van der Waals surface area contributed by atoms with Crippen LogP contribution < -0.4 is 5.32 Å². The van der Waals surface area contributed by atoms with E-state index in [9.17, 15) is 4.79 Å². The predicted molar refractivity (Wildman–Crippen MR) is 68.5 cm³/mol. The van der Waals surface area contributed by atoms with Crippen LogP contribution in [0.3, 0.4) is 0 Å². The van der Waals surface area contributed by atoms with Crippen molar-refractivity contribution in [2.75, 3.05) is 0 Å². The summed E-state index contributed by atoms with van der Waals surface area (Å²) in [7, 11) is 0. The van der Waals surface area contributed by atoms with E-state index in [-0.39, 0.29) is 27.8 Å². The highest BCUT2D eigenvalue weighted by Crippen LogP contribution is 2.15. The molecule has 4 nitrogen and oxygen atoms in total. The van der Waals surface area contributed by atoms with Gasteiger partial charge in [-0.15, -0.1) is 10.2 Å². The summed E-state index contributed by atoms with van der Waals surface area (Å²) in [6.45, 7) is 4.10. The zero-order valence-corrected chi connectivity index (χ0v) is 11.3. The second-order valence-electron chi connectivity index (χ2n) is 3.74. The molecule has 1 aromatic heterocycles. The number of rotatable bonds is 5. The standard InChI is InChI=1S/C11H15Cl2N3O/c1-3-5-7(4-2)14-11(17)8-6-9(12)15-16-10(8)13/h6-7H,3-5H2,1-2H3,(H,14,17). The third kappa shape index (κ3) is 4.13. The number of carbonyl (C=O) groups is 1. The smallest absolute Gasteiger partial charge is 0.254 e. The van der Waals surface area contributed by atoms with Crippen molar-refractivity contribution in [3.63, 3.8) is 0 Å². The Balaban J connectivity index is 2.78. The molecule has 6 heteroatoms. The van der Waals surface area contributed by atoms with Gasteiger partial charge in [0.2, 0.25) is 0 Å². The van der Waals surface area contributed by atoms with Crippen LogP contribution in [0.1, 0.15) is 43.5 Å². The second-order valence-corrected chi connectivity index (χ2v) is 4.48. The molecule has 0 spiro atoms. The molecule has 0 bridgehead atoms. The van der Waals surface area contributed by atoms with Crippen molar-refractivity contribution in [2.24, 2.45) is 0 Å². The van der Waals surface area contributed by atoms with Crippen LogP contribution in [0.5, 0.6) is 0 Å². The first-order valence-electron chi connectivity index (χ1n) is 5.58. The van der Waals surface area contributed by atoms with Gasteiger partial charge in [-0.25, -0.2) is 0 Å². The molecule has 1 unspecified atom stereocenters. The predicted octanol–water partition coefficient (Wildman–Crippen LogP) is 3.09. The average molecular weight is 276 g/mol. The van der Waals surface area contributed by atoms with Crippen LogP contribution in [0.4, 0.5) is 0 Å². The van der Waals surface area contributed by atoms with Crippen molar-refractivity contribution in [1.29, 1.82) is 0 Å². The molecular weight excluding hydrogens is 261 g/mol. The number of nitrogens with one attached hydrogen (secondary N) is 1. The largest absolute Gasteiger partial charge is 0.349 e. The lowest BCUT2D eigenvalue weighted by Gasteiger charge is -2.16. The van der Waals surface area contributed by atoms with E-state index in [1.54, 1.807) is 0 Å². The van der Waals surface area contributed by atoms with Crippen LogP contribution in [0.25, 0.3) is 0 Å². The number of carbonyl (C=O) groups excluding carboxylic acids is 1. The average Bonchev–Trinajstić information content (AvgIpc) is 2.31. The van der Waals surface area contributed by atoms with Crippen molar-refractivity contribution in [2.45, 2.75) is 39.2 Å². The Hall–Kier alpha value is -0.870. The molecule has 0 aromatic carbocycles. The van der Waals surface area contributed by atoms with Gasteiger partial charge in [0.1, 0.15) is 0 Å². The Bertz CT molecular complexity index is 398. The monoisotopic (exact) mass is 275 g/mol. The number of nitrogens with zero attached hydrogens (tertiary/aromatic N) is 2. The molecule has 0 aliphatic rings. The SMILES string of the molecule is CCCC(CC)NC(=O)c1cc(Cl)nnc1Cl. The maximum Gasteiger partial charge on any atom is 0.254 e. The fraction of sp³-hybridized carbons (Fsp3) is 0.545. The van der Waals surface area contributed by atoms with Gasteiger partial charge in [-0.1, -0.05) is 43.5 Å². The van der Waals surface area contributed by atoms with Crippen LogP contribution >= 0.6 is 23.2 Å². The fourth-order valence-corrected chi connectivity index (χ4v) is 1.83. The third-order valence-corrected chi connectivity index (χ3v) is 2.89. The zero-order chi connectivity index (χ0) is 12.8. The highest BCUT2D eigenvalue weighted by Gasteiger charge is 2.16. The van der Waals surface area contributed by atoms with Crippen LogP contribution in [0.2, 0.25) is 10.3 Å². The van der Waals surface area contributed by atoms with Gasteiger partial charge >= 0.3 is 0 Å². The summed E-state index contributed by atoms with van der Waals surface area (Å²) in [5.74, 6) is -0.257. The molecule has 1 N–H and O–H groups in total.